The van der Waals surface area contributed by atoms with E-state index < -0.39 is 29.2 Å². The molecule has 0 aromatic heterocycles. The zero-order chi connectivity index (χ0) is 13.2. The number of nitrogen functional groups attached to an aromatic ring is 1. The summed E-state index contributed by atoms with van der Waals surface area (Å²) in [5.74, 6) is -1.54. The average Bonchev–Trinajstić information content (AvgIpc) is 2.25. The number of carbonyl (C=O) groups is 1. The van der Waals surface area contributed by atoms with E-state index in [1.165, 1.54) is 0 Å². The third-order valence-corrected chi connectivity index (χ3v) is 2.34. The monoisotopic (exact) mass is 267 g/mol. The third-order valence-electron chi connectivity index (χ3n) is 2.10. The molecule has 94 valence electrons. The van der Waals surface area contributed by atoms with Crippen LogP contribution in [-0.2, 0) is 6.18 Å². The number of alkyl halides is 4. The second-order valence-corrected chi connectivity index (χ2v) is 3.46. The molecule has 0 spiro atoms. The predicted octanol–water partition coefficient (Wildman–Crippen LogP) is 2.72. The first-order chi connectivity index (χ1) is 7.81. The van der Waals surface area contributed by atoms with Gasteiger partial charge in [-0.25, -0.2) is 0 Å². The van der Waals surface area contributed by atoms with Crippen LogP contribution in [0, 0.1) is 0 Å². The number of benzene rings is 1. The molecule has 3 nitrogen and oxygen atoms in total. The molecular weight excluding hydrogens is 259 g/mol. The summed E-state index contributed by atoms with van der Waals surface area (Å²) in [6, 6.07) is 1.61. The van der Waals surface area contributed by atoms with E-state index in [9.17, 15) is 18.0 Å². The Labute approximate surface area is 100 Å². The minimum Gasteiger partial charge on any atom is -0.496 e. The maximum absolute atomic E-state index is 12.6. The Balaban J connectivity index is 3.43. The van der Waals surface area contributed by atoms with Gasteiger partial charge >= 0.3 is 6.18 Å². The fraction of sp³-hybridized carbons (Fsp3) is 0.300. The van der Waals surface area contributed by atoms with E-state index >= 15 is 0 Å². The summed E-state index contributed by atoms with van der Waals surface area (Å²) in [4.78, 5) is 11.3. The SMILES string of the molecule is COc1cc(N)c(C(=O)CCl)cc1C(F)(F)F. The van der Waals surface area contributed by atoms with Crippen molar-refractivity contribution >= 4 is 23.1 Å². The summed E-state index contributed by atoms with van der Waals surface area (Å²) < 4.78 is 42.5. The van der Waals surface area contributed by atoms with Crippen molar-refractivity contribution in [3.05, 3.63) is 23.3 Å². The summed E-state index contributed by atoms with van der Waals surface area (Å²) in [6.45, 7) is 0. The highest BCUT2D eigenvalue weighted by Gasteiger charge is 2.35. The van der Waals surface area contributed by atoms with Crippen LogP contribution in [0.4, 0.5) is 18.9 Å². The van der Waals surface area contributed by atoms with Gasteiger partial charge in [-0.15, -0.1) is 11.6 Å². The number of ether oxygens (including phenoxy) is 1. The number of nitrogens with two attached hydrogens (primary N) is 1. The van der Waals surface area contributed by atoms with Crippen LogP contribution in [-0.4, -0.2) is 18.8 Å². The molecule has 0 bridgehead atoms. The molecule has 17 heavy (non-hydrogen) atoms. The molecule has 0 aliphatic heterocycles. The maximum Gasteiger partial charge on any atom is 0.419 e. The number of methoxy groups -OCH3 is 1. The predicted molar refractivity (Wildman–Crippen MR) is 57.5 cm³/mol. The van der Waals surface area contributed by atoms with Crippen molar-refractivity contribution in [1.82, 2.24) is 0 Å². The topological polar surface area (TPSA) is 52.3 Å². The average molecular weight is 268 g/mol. The van der Waals surface area contributed by atoms with Crippen molar-refractivity contribution in [2.75, 3.05) is 18.7 Å². The smallest absolute Gasteiger partial charge is 0.419 e. The van der Waals surface area contributed by atoms with Crippen LogP contribution in [0.25, 0.3) is 0 Å². The van der Waals surface area contributed by atoms with Gasteiger partial charge in [0.25, 0.3) is 0 Å². The van der Waals surface area contributed by atoms with Crippen LogP contribution in [0.5, 0.6) is 5.75 Å². The summed E-state index contributed by atoms with van der Waals surface area (Å²) in [7, 11) is 1.09. The lowest BCUT2D eigenvalue weighted by Crippen LogP contribution is -2.12. The Morgan fingerprint density at radius 1 is 1.47 bits per heavy atom. The summed E-state index contributed by atoms with van der Waals surface area (Å²) >= 11 is 5.28. The Bertz CT molecular complexity index is 446. The molecule has 0 aliphatic carbocycles. The number of hydrogen-bond acceptors (Lipinski definition) is 3. The normalized spacial score (nSPS) is 11.4. The Morgan fingerprint density at radius 3 is 2.47 bits per heavy atom. The Hall–Kier alpha value is -1.43. The lowest BCUT2D eigenvalue weighted by atomic mass is 10.0. The largest absolute Gasteiger partial charge is 0.496 e. The Kier molecular flexibility index (Phi) is 3.87. The highest BCUT2D eigenvalue weighted by Crippen LogP contribution is 2.38. The number of anilines is 1. The lowest BCUT2D eigenvalue weighted by molar-refractivity contribution is -0.138. The van der Waals surface area contributed by atoms with Gasteiger partial charge in [0.05, 0.1) is 18.6 Å². The van der Waals surface area contributed by atoms with Gasteiger partial charge in [-0.3, -0.25) is 4.79 Å². The molecule has 0 unspecified atom stereocenters. The van der Waals surface area contributed by atoms with Crippen LogP contribution < -0.4 is 10.5 Å². The molecule has 7 heteroatoms. The number of halogens is 4. The van der Waals surface area contributed by atoms with Crippen LogP contribution in [0.3, 0.4) is 0 Å². The molecule has 1 aromatic rings. The van der Waals surface area contributed by atoms with Crippen molar-refractivity contribution in [2.45, 2.75) is 6.18 Å². The van der Waals surface area contributed by atoms with Crippen LogP contribution in [0.15, 0.2) is 12.1 Å². The first-order valence-electron chi connectivity index (χ1n) is 4.45. The molecule has 0 atom stereocenters. The fourth-order valence-electron chi connectivity index (χ4n) is 1.30. The van der Waals surface area contributed by atoms with E-state index in [0.29, 0.717) is 6.07 Å². The fourth-order valence-corrected chi connectivity index (χ4v) is 1.44. The van der Waals surface area contributed by atoms with Crippen LogP contribution >= 0.6 is 11.6 Å². The van der Waals surface area contributed by atoms with E-state index in [0.717, 1.165) is 13.2 Å². The number of ketones is 1. The second-order valence-electron chi connectivity index (χ2n) is 3.19. The first-order valence-corrected chi connectivity index (χ1v) is 4.98. The summed E-state index contributed by atoms with van der Waals surface area (Å²) in [6.07, 6.45) is -4.62. The van der Waals surface area contributed by atoms with Crippen LogP contribution in [0.1, 0.15) is 15.9 Å². The molecule has 0 saturated carbocycles. The van der Waals surface area contributed by atoms with Gasteiger partial charge in [0.15, 0.2) is 5.78 Å². The number of rotatable bonds is 3. The molecule has 0 radical (unpaired) electrons. The van der Waals surface area contributed by atoms with Gasteiger partial charge in [0.2, 0.25) is 0 Å². The molecule has 0 fully saturated rings. The highest BCUT2D eigenvalue weighted by molar-refractivity contribution is 6.31. The molecule has 0 amide bonds. The maximum atomic E-state index is 12.6. The molecule has 2 N–H and O–H groups in total. The lowest BCUT2D eigenvalue weighted by Gasteiger charge is -2.14. The highest BCUT2D eigenvalue weighted by atomic mass is 35.5. The van der Waals surface area contributed by atoms with Gasteiger partial charge in [-0.2, -0.15) is 13.2 Å². The molecule has 1 aromatic carbocycles. The van der Waals surface area contributed by atoms with E-state index in [-0.39, 0.29) is 11.3 Å². The molecule has 0 saturated heterocycles. The first kappa shape index (κ1) is 13.6. The van der Waals surface area contributed by atoms with E-state index in [1.54, 1.807) is 0 Å². The quantitative estimate of drug-likeness (QED) is 0.520. The van der Waals surface area contributed by atoms with Gasteiger partial charge in [0.1, 0.15) is 5.75 Å². The van der Waals surface area contributed by atoms with Crippen molar-refractivity contribution in [1.29, 1.82) is 0 Å². The van der Waals surface area contributed by atoms with Crippen molar-refractivity contribution in [3.63, 3.8) is 0 Å². The molecule has 0 aliphatic rings. The van der Waals surface area contributed by atoms with E-state index in [4.69, 9.17) is 17.3 Å². The molecule has 0 heterocycles. The Morgan fingerprint density at radius 2 is 2.06 bits per heavy atom. The van der Waals surface area contributed by atoms with Crippen LogP contribution in [0.2, 0.25) is 0 Å². The summed E-state index contributed by atoms with van der Waals surface area (Å²) in [5.41, 5.74) is 4.05. The second kappa shape index (κ2) is 4.83. The van der Waals surface area contributed by atoms with Crippen molar-refractivity contribution < 1.29 is 22.7 Å². The number of Topliss-reactive ketones (excluding diaryl/α,β-unsaturated/α-hetero) is 1. The van der Waals surface area contributed by atoms with Gasteiger partial charge in [-0.05, 0) is 6.07 Å². The van der Waals surface area contributed by atoms with E-state index in [1.807, 2.05) is 0 Å². The minimum atomic E-state index is -4.62. The minimum absolute atomic E-state index is 0.0968. The third kappa shape index (κ3) is 2.82. The summed E-state index contributed by atoms with van der Waals surface area (Å²) in [5, 5.41) is 0. The number of carbonyl (C=O) groups excluding carboxylic acids is 1. The molecule has 1 rings (SSSR count). The van der Waals surface area contributed by atoms with E-state index in [2.05, 4.69) is 4.74 Å². The standard InChI is InChI=1S/C10H9ClF3NO2/c1-17-9-3-7(15)5(8(16)4-11)2-6(9)10(12,13)14/h2-3H,4,15H2,1H3. The molecular formula is C10H9ClF3NO2. The van der Waals surface area contributed by atoms with Crippen molar-refractivity contribution in [2.24, 2.45) is 0 Å². The van der Waals surface area contributed by atoms with Gasteiger partial charge in [-0.1, -0.05) is 0 Å². The van der Waals surface area contributed by atoms with Gasteiger partial charge in [0, 0.05) is 17.3 Å². The zero-order valence-corrected chi connectivity index (χ0v) is 9.52. The van der Waals surface area contributed by atoms with Crippen molar-refractivity contribution in [3.8, 4) is 5.75 Å². The van der Waals surface area contributed by atoms with Gasteiger partial charge < -0.3 is 10.5 Å². The zero-order valence-electron chi connectivity index (χ0n) is 8.77. The number of hydrogen-bond donors (Lipinski definition) is 1.